The zero-order valence-electron chi connectivity index (χ0n) is 9.50. The third-order valence-electron chi connectivity index (χ3n) is 3.24. The third kappa shape index (κ3) is 2.74. The molecule has 0 amide bonds. The maximum atomic E-state index is 13.5. The van der Waals surface area contributed by atoms with Crippen molar-refractivity contribution in [2.45, 2.75) is 25.3 Å². The van der Waals surface area contributed by atoms with Gasteiger partial charge in [-0.05, 0) is 24.9 Å². The van der Waals surface area contributed by atoms with Crippen molar-refractivity contribution in [3.8, 4) is 0 Å². The predicted octanol–water partition coefficient (Wildman–Crippen LogP) is 3.27. The Morgan fingerprint density at radius 2 is 2.19 bits per heavy atom. The van der Waals surface area contributed by atoms with Gasteiger partial charge in [0.2, 0.25) is 0 Å². The molecule has 2 atom stereocenters. The molecule has 0 aromatic heterocycles. The molecule has 0 aliphatic carbocycles. The second-order valence-electron chi connectivity index (χ2n) is 4.61. The van der Waals surface area contributed by atoms with Crippen LogP contribution in [0.2, 0.25) is 0 Å². The van der Waals surface area contributed by atoms with E-state index in [4.69, 9.17) is 11.6 Å². The number of rotatable bonds is 2. The first-order valence-electron chi connectivity index (χ1n) is 5.76. The summed E-state index contributed by atoms with van der Waals surface area (Å²) in [4.78, 5) is 2.28. The van der Waals surface area contributed by atoms with Crippen molar-refractivity contribution >= 4 is 11.6 Å². The van der Waals surface area contributed by atoms with Crippen LogP contribution in [-0.4, -0.2) is 23.4 Å². The maximum Gasteiger partial charge on any atom is 0.127 e. The Labute approximate surface area is 101 Å². The van der Waals surface area contributed by atoms with Crippen LogP contribution in [0.4, 0.5) is 4.39 Å². The van der Waals surface area contributed by atoms with Gasteiger partial charge in [-0.3, -0.25) is 4.90 Å². The fourth-order valence-electron chi connectivity index (χ4n) is 2.21. The first-order chi connectivity index (χ1) is 7.66. The number of piperidine rings is 1. The summed E-state index contributed by atoms with van der Waals surface area (Å²) in [7, 11) is 0. The average Bonchev–Trinajstić information content (AvgIpc) is 2.27. The van der Waals surface area contributed by atoms with E-state index >= 15 is 0 Å². The summed E-state index contributed by atoms with van der Waals surface area (Å²) < 4.78 is 13.5. The molecule has 16 heavy (non-hydrogen) atoms. The first kappa shape index (κ1) is 11.9. The summed E-state index contributed by atoms with van der Waals surface area (Å²) in [5, 5.41) is 0.275. The van der Waals surface area contributed by atoms with E-state index in [1.807, 2.05) is 12.1 Å². The Morgan fingerprint density at radius 1 is 1.44 bits per heavy atom. The lowest BCUT2D eigenvalue weighted by Crippen LogP contribution is -2.39. The van der Waals surface area contributed by atoms with Gasteiger partial charge in [-0.15, -0.1) is 11.6 Å². The Balaban J connectivity index is 1.98. The minimum absolute atomic E-state index is 0.108. The van der Waals surface area contributed by atoms with Gasteiger partial charge in [-0.2, -0.15) is 0 Å². The van der Waals surface area contributed by atoms with Crippen LogP contribution >= 0.6 is 11.6 Å². The normalized spacial score (nSPS) is 26.9. The van der Waals surface area contributed by atoms with Gasteiger partial charge in [0.15, 0.2) is 0 Å². The molecular formula is C13H17ClFN. The lowest BCUT2D eigenvalue weighted by Gasteiger charge is -2.34. The van der Waals surface area contributed by atoms with E-state index in [0.29, 0.717) is 12.5 Å². The van der Waals surface area contributed by atoms with Crippen LogP contribution < -0.4 is 0 Å². The quantitative estimate of drug-likeness (QED) is 0.719. The van der Waals surface area contributed by atoms with Gasteiger partial charge >= 0.3 is 0 Å². The Bertz CT molecular complexity index is 356. The molecule has 1 aromatic rings. The van der Waals surface area contributed by atoms with Crippen LogP contribution in [0.3, 0.4) is 0 Å². The zero-order valence-corrected chi connectivity index (χ0v) is 10.3. The summed E-state index contributed by atoms with van der Waals surface area (Å²) >= 11 is 6.17. The summed E-state index contributed by atoms with van der Waals surface area (Å²) in [6.07, 6.45) is 0.997. The van der Waals surface area contributed by atoms with Crippen molar-refractivity contribution in [3.05, 3.63) is 35.6 Å². The molecule has 1 saturated heterocycles. The number of hydrogen-bond acceptors (Lipinski definition) is 1. The van der Waals surface area contributed by atoms with E-state index < -0.39 is 0 Å². The zero-order chi connectivity index (χ0) is 11.5. The molecule has 0 radical (unpaired) electrons. The second kappa shape index (κ2) is 5.15. The number of halogens is 2. The van der Waals surface area contributed by atoms with Crippen LogP contribution in [0.15, 0.2) is 24.3 Å². The number of alkyl halides is 1. The Morgan fingerprint density at radius 3 is 2.88 bits per heavy atom. The second-order valence-corrected chi connectivity index (χ2v) is 5.17. The number of hydrogen-bond donors (Lipinski definition) is 0. The van der Waals surface area contributed by atoms with Crippen molar-refractivity contribution in [1.29, 1.82) is 0 Å². The molecule has 0 N–H and O–H groups in total. The molecule has 1 aliphatic rings. The van der Waals surface area contributed by atoms with Crippen molar-refractivity contribution in [2.24, 2.45) is 5.92 Å². The molecule has 2 rings (SSSR count). The molecule has 3 heteroatoms. The highest BCUT2D eigenvalue weighted by Gasteiger charge is 2.24. The number of benzene rings is 1. The molecule has 2 unspecified atom stereocenters. The van der Waals surface area contributed by atoms with E-state index in [9.17, 15) is 4.39 Å². The standard InChI is InChI=1S/C13H17ClFN/c1-10-8-16(7-6-12(10)14)9-11-4-2-3-5-13(11)15/h2-5,10,12H,6-9H2,1H3. The minimum Gasteiger partial charge on any atom is -0.299 e. The fourth-order valence-corrected chi connectivity index (χ4v) is 2.39. The van der Waals surface area contributed by atoms with E-state index in [0.717, 1.165) is 25.1 Å². The number of nitrogens with zero attached hydrogens (tertiary/aromatic N) is 1. The molecule has 1 fully saturated rings. The lowest BCUT2D eigenvalue weighted by molar-refractivity contribution is 0.178. The monoisotopic (exact) mass is 241 g/mol. The van der Waals surface area contributed by atoms with Gasteiger partial charge in [-0.1, -0.05) is 25.1 Å². The molecule has 1 heterocycles. The van der Waals surface area contributed by atoms with Gasteiger partial charge in [0.05, 0.1) is 0 Å². The highest BCUT2D eigenvalue weighted by atomic mass is 35.5. The summed E-state index contributed by atoms with van der Waals surface area (Å²) in [6.45, 7) is 4.78. The van der Waals surface area contributed by atoms with Crippen molar-refractivity contribution in [3.63, 3.8) is 0 Å². The van der Waals surface area contributed by atoms with E-state index in [2.05, 4.69) is 11.8 Å². The van der Waals surface area contributed by atoms with Crippen LogP contribution in [0.5, 0.6) is 0 Å². The highest BCUT2D eigenvalue weighted by molar-refractivity contribution is 6.20. The van der Waals surface area contributed by atoms with Gasteiger partial charge < -0.3 is 0 Å². The largest absolute Gasteiger partial charge is 0.299 e. The number of likely N-dealkylation sites (tertiary alicyclic amines) is 1. The van der Waals surface area contributed by atoms with Crippen molar-refractivity contribution in [2.75, 3.05) is 13.1 Å². The molecule has 1 nitrogen and oxygen atoms in total. The Hall–Kier alpha value is -0.600. The smallest absolute Gasteiger partial charge is 0.127 e. The van der Waals surface area contributed by atoms with Crippen LogP contribution in [-0.2, 0) is 6.54 Å². The predicted molar refractivity (Wildman–Crippen MR) is 65.1 cm³/mol. The average molecular weight is 242 g/mol. The SMILES string of the molecule is CC1CN(Cc2ccccc2F)CCC1Cl. The summed E-state index contributed by atoms with van der Waals surface area (Å²) in [6, 6.07) is 6.99. The molecule has 1 aromatic carbocycles. The summed E-state index contributed by atoms with van der Waals surface area (Å²) in [5.74, 6) is 0.380. The van der Waals surface area contributed by atoms with Crippen molar-refractivity contribution in [1.82, 2.24) is 4.90 Å². The highest BCUT2D eigenvalue weighted by Crippen LogP contribution is 2.23. The topological polar surface area (TPSA) is 3.24 Å². The molecule has 1 aliphatic heterocycles. The third-order valence-corrected chi connectivity index (χ3v) is 3.88. The molecule has 0 saturated carbocycles. The van der Waals surface area contributed by atoms with Crippen LogP contribution in [0, 0.1) is 11.7 Å². The van der Waals surface area contributed by atoms with Gasteiger partial charge in [-0.25, -0.2) is 4.39 Å². The van der Waals surface area contributed by atoms with Crippen LogP contribution in [0.1, 0.15) is 18.9 Å². The molecule has 0 spiro atoms. The lowest BCUT2D eigenvalue weighted by atomic mass is 9.99. The molecular weight excluding hydrogens is 225 g/mol. The van der Waals surface area contributed by atoms with E-state index in [1.165, 1.54) is 6.07 Å². The fraction of sp³-hybridized carbons (Fsp3) is 0.538. The van der Waals surface area contributed by atoms with E-state index in [1.54, 1.807) is 6.07 Å². The van der Waals surface area contributed by atoms with Gasteiger partial charge in [0.25, 0.3) is 0 Å². The summed E-state index contributed by atoms with van der Waals surface area (Å²) in [5.41, 5.74) is 0.780. The van der Waals surface area contributed by atoms with E-state index in [-0.39, 0.29) is 11.2 Å². The Kier molecular flexibility index (Phi) is 3.82. The van der Waals surface area contributed by atoms with Crippen LogP contribution in [0.25, 0.3) is 0 Å². The minimum atomic E-state index is -0.108. The molecule has 0 bridgehead atoms. The van der Waals surface area contributed by atoms with Gasteiger partial charge in [0, 0.05) is 24.0 Å². The van der Waals surface area contributed by atoms with Gasteiger partial charge in [0.1, 0.15) is 5.82 Å². The maximum absolute atomic E-state index is 13.5. The first-order valence-corrected chi connectivity index (χ1v) is 6.20. The van der Waals surface area contributed by atoms with Crippen molar-refractivity contribution < 1.29 is 4.39 Å². The molecule has 88 valence electrons.